The van der Waals surface area contributed by atoms with E-state index in [0.29, 0.717) is 5.92 Å². The van der Waals surface area contributed by atoms with E-state index >= 15 is 0 Å². The van der Waals surface area contributed by atoms with Crippen molar-refractivity contribution in [3.8, 4) is 11.3 Å². The third-order valence-electron chi connectivity index (χ3n) is 4.96. The fourth-order valence-corrected chi connectivity index (χ4v) is 3.64. The van der Waals surface area contributed by atoms with E-state index in [1.165, 1.54) is 0 Å². The van der Waals surface area contributed by atoms with E-state index in [0.717, 1.165) is 51.1 Å². The first-order valence-corrected chi connectivity index (χ1v) is 9.55. The van der Waals surface area contributed by atoms with Crippen molar-refractivity contribution in [2.75, 3.05) is 11.9 Å². The van der Waals surface area contributed by atoms with Crippen molar-refractivity contribution in [1.29, 1.82) is 0 Å². The molecule has 0 amide bonds. The molecular weight excluding hydrogens is 346 g/mol. The minimum atomic E-state index is 0.522. The van der Waals surface area contributed by atoms with Gasteiger partial charge < -0.3 is 5.32 Å². The first kappa shape index (κ1) is 16.7. The lowest BCUT2D eigenvalue weighted by Crippen LogP contribution is -2.11. The molecule has 3 heterocycles. The molecule has 0 bridgehead atoms. The van der Waals surface area contributed by atoms with E-state index in [-0.39, 0.29) is 0 Å². The third kappa shape index (κ3) is 2.67. The van der Waals surface area contributed by atoms with E-state index in [2.05, 4.69) is 58.9 Å². The molecule has 0 saturated heterocycles. The highest BCUT2D eigenvalue weighted by atomic mass is 15.1. The fraction of sp³-hybridized carbons (Fsp3) is 0.174. The zero-order valence-electron chi connectivity index (χ0n) is 15.9. The first-order chi connectivity index (χ1) is 13.7. The van der Waals surface area contributed by atoms with Gasteiger partial charge in [-0.05, 0) is 29.5 Å². The van der Waals surface area contributed by atoms with Crippen molar-refractivity contribution >= 4 is 33.3 Å². The molecule has 0 aliphatic heterocycles. The Morgan fingerprint density at radius 1 is 1.00 bits per heavy atom. The number of fused-ring (bicyclic) bond motifs is 4. The third-order valence-corrected chi connectivity index (χ3v) is 4.96. The number of anilines is 1. The number of benzene rings is 2. The summed E-state index contributed by atoms with van der Waals surface area (Å²) in [7, 11) is 0. The van der Waals surface area contributed by atoms with Crippen LogP contribution in [0, 0.1) is 5.92 Å². The average molecular weight is 367 g/mol. The number of aromatic nitrogens is 4. The van der Waals surface area contributed by atoms with Gasteiger partial charge in [0.2, 0.25) is 0 Å². The summed E-state index contributed by atoms with van der Waals surface area (Å²) >= 11 is 0. The van der Waals surface area contributed by atoms with Crippen LogP contribution in [0.15, 0.2) is 67.1 Å². The van der Waals surface area contributed by atoms with Crippen molar-refractivity contribution in [3.63, 3.8) is 0 Å². The molecule has 138 valence electrons. The average Bonchev–Trinajstić information content (AvgIpc) is 3.17. The van der Waals surface area contributed by atoms with E-state index in [9.17, 15) is 0 Å². The number of para-hydroxylation sites is 2. The van der Waals surface area contributed by atoms with Gasteiger partial charge in [-0.3, -0.25) is 9.38 Å². The molecular formula is C23H21N5. The summed E-state index contributed by atoms with van der Waals surface area (Å²) in [6.07, 6.45) is 5.68. The van der Waals surface area contributed by atoms with Crippen LogP contribution in [0.3, 0.4) is 0 Å². The van der Waals surface area contributed by atoms with E-state index < -0.39 is 0 Å². The smallest absolute Gasteiger partial charge is 0.181 e. The van der Waals surface area contributed by atoms with Crippen LogP contribution >= 0.6 is 0 Å². The Kier molecular flexibility index (Phi) is 3.93. The van der Waals surface area contributed by atoms with Gasteiger partial charge in [-0.2, -0.15) is 0 Å². The van der Waals surface area contributed by atoms with Gasteiger partial charge in [-0.15, -0.1) is 0 Å². The minimum absolute atomic E-state index is 0.522. The number of rotatable bonds is 4. The van der Waals surface area contributed by atoms with Crippen LogP contribution in [0.1, 0.15) is 13.8 Å². The second-order valence-electron chi connectivity index (χ2n) is 7.43. The molecule has 0 aliphatic rings. The monoisotopic (exact) mass is 367 g/mol. The van der Waals surface area contributed by atoms with Gasteiger partial charge in [0.25, 0.3) is 0 Å². The number of nitrogens with one attached hydrogen (secondary N) is 1. The molecule has 0 unspecified atom stereocenters. The van der Waals surface area contributed by atoms with E-state index in [4.69, 9.17) is 9.97 Å². The van der Waals surface area contributed by atoms with Gasteiger partial charge in [0.1, 0.15) is 0 Å². The van der Waals surface area contributed by atoms with Gasteiger partial charge in [0.15, 0.2) is 11.5 Å². The second-order valence-corrected chi connectivity index (χ2v) is 7.43. The standard InChI is InChI=1S/C23H21N5/c1-15(2)12-25-22-23-26-14-21(28(23)20-9-4-3-8-19(20)27-22)18-7-5-6-16-13-24-11-10-17(16)18/h3-11,13-15H,12H2,1-2H3,(H,25,27). The van der Waals surface area contributed by atoms with E-state index in [1.807, 2.05) is 36.8 Å². The molecule has 5 aromatic rings. The molecule has 2 aromatic carbocycles. The molecule has 0 radical (unpaired) electrons. The number of nitrogens with zero attached hydrogens (tertiary/aromatic N) is 4. The molecule has 0 saturated carbocycles. The topological polar surface area (TPSA) is 55.1 Å². The van der Waals surface area contributed by atoms with Crippen molar-refractivity contribution in [1.82, 2.24) is 19.4 Å². The maximum absolute atomic E-state index is 4.84. The van der Waals surface area contributed by atoms with Crippen molar-refractivity contribution in [2.45, 2.75) is 13.8 Å². The zero-order chi connectivity index (χ0) is 19.1. The molecule has 3 aromatic heterocycles. The molecule has 5 rings (SSSR count). The summed E-state index contributed by atoms with van der Waals surface area (Å²) in [6, 6.07) is 16.6. The summed E-state index contributed by atoms with van der Waals surface area (Å²) in [5.41, 5.74) is 5.03. The molecule has 5 nitrogen and oxygen atoms in total. The molecule has 0 fully saturated rings. The highest BCUT2D eigenvalue weighted by Gasteiger charge is 2.16. The van der Waals surface area contributed by atoms with Crippen LogP contribution in [0.5, 0.6) is 0 Å². The van der Waals surface area contributed by atoms with Gasteiger partial charge >= 0.3 is 0 Å². The maximum atomic E-state index is 4.84. The summed E-state index contributed by atoms with van der Waals surface area (Å²) in [5, 5.41) is 5.76. The van der Waals surface area contributed by atoms with Gasteiger partial charge in [-0.25, -0.2) is 9.97 Å². The predicted octanol–water partition coefficient (Wildman–Crippen LogP) is 5.17. The quantitative estimate of drug-likeness (QED) is 0.476. The first-order valence-electron chi connectivity index (χ1n) is 9.55. The van der Waals surface area contributed by atoms with Gasteiger partial charge in [-0.1, -0.05) is 44.2 Å². The Morgan fingerprint density at radius 2 is 1.89 bits per heavy atom. The predicted molar refractivity (Wildman–Crippen MR) is 115 cm³/mol. The normalized spacial score (nSPS) is 11.7. The molecule has 0 spiro atoms. The zero-order valence-corrected chi connectivity index (χ0v) is 15.9. The lowest BCUT2D eigenvalue weighted by molar-refractivity contribution is 0.687. The molecule has 28 heavy (non-hydrogen) atoms. The molecule has 5 heteroatoms. The molecule has 0 atom stereocenters. The highest BCUT2D eigenvalue weighted by Crippen LogP contribution is 2.32. The lowest BCUT2D eigenvalue weighted by atomic mass is 10.0. The number of hydrogen-bond acceptors (Lipinski definition) is 4. The maximum Gasteiger partial charge on any atom is 0.181 e. The summed E-state index contributed by atoms with van der Waals surface area (Å²) in [4.78, 5) is 13.9. The largest absolute Gasteiger partial charge is 0.367 e. The minimum Gasteiger partial charge on any atom is -0.367 e. The van der Waals surface area contributed by atoms with Crippen LogP contribution in [-0.4, -0.2) is 25.9 Å². The van der Waals surface area contributed by atoms with Crippen molar-refractivity contribution < 1.29 is 0 Å². The van der Waals surface area contributed by atoms with E-state index in [1.54, 1.807) is 0 Å². The number of pyridine rings is 1. The Labute approximate surface area is 163 Å². The van der Waals surface area contributed by atoms with Crippen LogP contribution < -0.4 is 5.32 Å². The second kappa shape index (κ2) is 6.60. The summed E-state index contributed by atoms with van der Waals surface area (Å²) in [6.45, 7) is 5.22. The Balaban J connectivity index is 1.83. The summed E-state index contributed by atoms with van der Waals surface area (Å²) in [5.74, 6) is 1.34. The summed E-state index contributed by atoms with van der Waals surface area (Å²) < 4.78 is 2.21. The van der Waals surface area contributed by atoms with Crippen molar-refractivity contribution in [3.05, 3.63) is 67.1 Å². The van der Waals surface area contributed by atoms with Crippen LogP contribution in [-0.2, 0) is 0 Å². The molecule has 1 N–H and O–H groups in total. The van der Waals surface area contributed by atoms with Crippen LogP contribution in [0.4, 0.5) is 5.82 Å². The van der Waals surface area contributed by atoms with Gasteiger partial charge in [0.05, 0.1) is 22.9 Å². The lowest BCUT2D eigenvalue weighted by Gasteiger charge is -2.13. The number of hydrogen-bond donors (Lipinski definition) is 1. The fourth-order valence-electron chi connectivity index (χ4n) is 3.64. The Morgan fingerprint density at radius 3 is 2.79 bits per heavy atom. The highest BCUT2D eigenvalue weighted by molar-refractivity contribution is 5.97. The Hall–Kier alpha value is -3.47. The number of imidazole rings is 1. The Bertz CT molecular complexity index is 1300. The van der Waals surface area contributed by atoms with Crippen LogP contribution in [0.2, 0.25) is 0 Å². The van der Waals surface area contributed by atoms with Crippen molar-refractivity contribution in [2.24, 2.45) is 5.92 Å². The SMILES string of the molecule is CC(C)CNc1nc2ccccc2n2c(-c3cccc4cnccc34)cnc12. The van der Waals surface area contributed by atoms with Gasteiger partial charge in [0, 0.05) is 29.9 Å². The molecule has 0 aliphatic carbocycles. The van der Waals surface area contributed by atoms with Crippen LogP contribution in [0.25, 0.3) is 38.7 Å².